The van der Waals surface area contributed by atoms with E-state index in [2.05, 4.69) is 10.6 Å². The van der Waals surface area contributed by atoms with Crippen LogP contribution in [0.3, 0.4) is 0 Å². The van der Waals surface area contributed by atoms with Crippen molar-refractivity contribution in [2.24, 2.45) is 0 Å². The maximum atomic E-state index is 13.4. The van der Waals surface area contributed by atoms with Gasteiger partial charge in [0, 0.05) is 6.04 Å². The van der Waals surface area contributed by atoms with Crippen molar-refractivity contribution >= 4 is 17.5 Å². The van der Waals surface area contributed by atoms with Crippen molar-refractivity contribution in [2.75, 3.05) is 25.5 Å². The van der Waals surface area contributed by atoms with Gasteiger partial charge in [0.15, 0.2) is 0 Å². The Kier molecular flexibility index (Phi) is 6.23. The quantitative estimate of drug-likeness (QED) is 0.834. The van der Waals surface area contributed by atoms with E-state index in [9.17, 15) is 18.4 Å². The first-order valence-corrected chi connectivity index (χ1v) is 6.51. The summed E-state index contributed by atoms with van der Waals surface area (Å²) in [5, 5.41) is 4.84. The molecule has 1 aromatic rings. The highest BCUT2D eigenvalue weighted by Crippen LogP contribution is 2.17. The Morgan fingerprint density at radius 1 is 1.14 bits per heavy atom. The lowest BCUT2D eigenvalue weighted by Crippen LogP contribution is -2.41. The van der Waals surface area contributed by atoms with Crippen molar-refractivity contribution in [2.45, 2.75) is 19.9 Å². The van der Waals surface area contributed by atoms with Gasteiger partial charge in [0.25, 0.3) is 0 Å². The fourth-order valence-corrected chi connectivity index (χ4v) is 1.71. The molecule has 2 amide bonds. The molecule has 0 atom stereocenters. The predicted molar refractivity (Wildman–Crippen MR) is 75.8 cm³/mol. The molecular formula is C14H19F2N3O2. The Bertz CT molecular complexity index is 501. The zero-order chi connectivity index (χ0) is 16.0. The summed E-state index contributed by atoms with van der Waals surface area (Å²) >= 11 is 0. The highest BCUT2D eigenvalue weighted by atomic mass is 19.1. The number of anilines is 1. The summed E-state index contributed by atoms with van der Waals surface area (Å²) in [6.07, 6.45) is 0. The number of nitrogens with one attached hydrogen (secondary N) is 2. The highest BCUT2D eigenvalue weighted by Gasteiger charge is 2.15. The molecule has 0 heterocycles. The van der Waals surface area contributed by atoms with Gasteiger partial charge in [0.1, 0.15) is 17.3 Å². The molecule has 0 spiro atoms. The second kappa shape index (κ2) is 7.68. The topological polar surface area (TPSA) is 61.4 Å². The van der Waals surface area contributed by atoms with E-state index >= 15 is 0 Å². The van der Waals surface area contributed by atoms with Crippen LogP contribution in [-0.2, 0) is 9.59 Å². The van der Waals surface area contributed by atoms with Crippen molar-refractivity contribution in [3.63, 3.8) is 0 Å². The van der Waals surface area contributed by atoms with E-state index in [4.69, 9.17) is 0 Å². The first-order valence-electron chi connectivity index (χ1n) is 6.51. The van der Waals surface area contributed by atoms with Gasteiger partial charge in [-0.3, -0.25) is 14.5 Å². The Labute approximate surface area is 122 Å². The monoisotopic (exact) mass is 299 g/mol. The lowest BCUT2D eigenvalue weighted by atomic mass is 10.3. The number of para-hydroxylation sites is 1. The number of carbonyl (C=O) groups excluding carboxylic acids is 2. The average molecular weight is 299 g/mol. The smallest absolute Gasteiger partial charge is 0.238 e. The Morgan fingerprint density at radius 3 is 2.19 bits per heavy atom. The van der Waals surface area contributed by atoms with Gasteiger partial charge < -0.3 is 10.6 Å². The molecule has 0 aliphatic rings. The first kappa shape index (κ1) is 17.0. The van der Waals surface area contributed by atoms with E-state index in [1.165, 1.54) is 11.0 Å². The van der Waals surface area contributed by atoms with Gasteiger partial charge in [0.2, 0.25) is 11.8 Å². The molecule has 0 fully saturated rings. The van der Waals surface area contributed by atoms with Crippen LogP contribution in [0.15, 0.2) is 18.2 Å². The zero-order valence-corrected chi connectivity index (χ0v) is 12.2. The average Bonchev–Trinajstić information content (AvgIpc) is 2.32. The first-order chi connectivity index (χ1) is 9.79. The van der Waals surface area contributed by atoms with E-state index < -0.39 is 23.2 Å². The van der Waals surface area contributed by atoms with Crippen molar-refractivity contribution < 1.29 is 18.4 Å². The summed E-state index contributed by atoms with van der Waals surface area (Å²) in [4.78, 5) is 24.7. The van der Waals surface area contributed by atoms with Crippen LogP contribution < -0.4 is 10.6 Å². The number of nitrogens with zero attached hydrogens (tertiary/aromatic N) is 1. The van der Waals surface area contributed by atoms with Crippen LogP contribution in [0.4, 0.5) is 14.5 Å². The SMILES string of the molecule is CC(C)NC(=O)CN(C)CC(=O)Nc1c(F)cccc1F. The molecule has 5 nitrogen and oxygen atoms in total. The lowest BCUT2D eigenvalue weighted by Gasteiger charge is -2.17. The maximum Gasteiger partial charge on any atom is 0.238 e. The van der Waals surface area contributed by atoms with Crippen molar-refractivity contribution in [3.8, 4) is 0 Å². The molecule has 1 aromatic carbocycles. The van der Waals surface area contributed by atoms with Gasteiger partial charge in [-0.2, -0.15) is 0 Å². The molecule has 0 radical (unpaired) electrons. The molecule has 0 bridgehead atoms. The summed E-state index contributed by atoms with van der Waals surface area (Å²) < 4.78 is 26.7. The molecular weight excluding hydrogens is 280 g/mol. The van der Waals surface area contributed by atoms with Gasteiger partial charge in [-0.25, -0.2) is 8.78 Å². The summed E-state index contributed by atoms with van der Waals surface area (Å²) in [6, 6.07) is 3.33. The fraction of sp³-hybridized carbons (Fsp3) is 0.429. The van der Waals surface area contributed by atoms with E-state index in [0.717, 1.165) is 12.1 Å². The van der Waals surface area contributed by atoms with Crippen LogP contribution in [-0.4, -0.2) is 42.9 Å². The van der Waals surface area contributed by atoms with Crippen LogP contribution in [0.2, 0.25) is 0 Å². The van der Waals surface area contributed by atoms with E-state index in [1.54, 1.807) is 7.05 Å². The fourth-order valence-electron chi connectivity index (χ4n) is 1.71. The highest BCUT2D eigenvalue weighted by molar-refractivity contribution is 5.92. The largest absolute Gasteiger partial charge is 0.353 e. The molecule has 0 aromatic heterocycles. The van der Waals surface area contributed by atoms with Gasteiger partial charge in [-0.15, -0.1) is 0 Å². The summed E-state index contributed by atoms with van der Waals surface area (Å²) in [5.74, 6) is -2.51. The number of hydrogen-bond acceptors (Lipinski definition) is 3. The number of carbonyl (C=O) groups is 2. The van der Waals surface area contributed by atoms with Crippen LogP contribution in [0, 0.1) is 11.6 Å². The summed E-state index contributed by atoms with van der Waals surface area (Å²) in [5.41, 5.74) is -0.484. The minimum Gasteiger partial charge on any atom is -0.353 e. The van der Waals surface area contributed by atoms with Crippen LogP contribution >= 0.6 is 0 Å². The standard InChI is InChI=1S/C14H19F2N3O2/c1-9(2)17-12(20)7-19(3)8-13(21)18-14-10(15)5-4-6-11(14)16/h4-6,9H,7-8H2,1-3H3,(H,17,20)(H,18,21). The summed E-state index contributed by atoms with van der Waals surface area (Å²) in [6.45, 7) is 3.52. The minimum atomic E-state index is -0.844. The number of halogens is 2. The van der Waals surface area contributed by atoms with Gasteiger partial charge in [-0.05, 0) is 33.0 Å². The number of amides is 2. The van der Waals surface area contributed by atoms with Crippen LogP contribution in [0.25, 0.3) is 0 Å². The molecule has 116 valence electrons. The molecule has 0 aliphatic heterocycles. The Hall–Kier alpha value is -2.02. The molecule has 2 N–H and O–H groups in total. The van der Waals surface area contributed by atoms with E-state index in [1.807, 2.05) is 13.8 Å². The molecule has 0 unspecified atom stereocenters. The Balaban J connectivity index is 2.52. The van der Waals surface area contributed by atoms with Crippen LogP contribution in [0.1, 0.15) is 13.8 Å². The molecule has 0 aliphatic carbocycles. The predicted octanol–water partition coefficient (Wildman–Crippen LogP) is 1.36. The zero-order valence-electron chi connectivity index (χ0n) is 12.2. The molecule has 21 heavy (non-hydrogen) atoms. The van der Waals surface area contributed by atoms with Crippen LogP contribution in [0.5, 0.6) is 0 Å². The second-order valence-corrected chi connectivity index (χ2v) is 5.04. The van der Waals surface area contributed by atoms with Gasteiger partial charge in [0.05, 0.1) is 13.1 Å². The van der Waals surface area contributed by atoms with Gasteiger partial charge in [-0.1, -0.05) is 6.07 Å². The van der Waals surface area contributed by atoms with E-state index in [0.29, 0.717) is 0 Å². The van der Waals surface area contributed by atoms with Crippen molar-refractivity contribution in [1.82, 2.24) is 10.2 Å². The van der Waals surface area contributed by atoms with E-state index in [-0.39, 0.29) is 25.0 Å². The molecule has 0 saturated heterocycles. The Morgan fingerprint density at radius 2 is 1.67 bits per heavy atom. The minimum absolute atomic E-state index is 0.00670. The third-order valence-corrected chi connectivity index (χ3v) is 2.50. The van der Waals surface area contributed by atoms with Crippen molar-refractivity contribution in [1.29, 1.82) is 0 Å². The third kappa shape index (κ3) is 5.86. The maximum absolute atomic E-state index is 13.4. The van der Waals surface area contributed by atoms with Gasteiger partial charge >= 0.3 is 0 Å². The summed E-state index contributed by atoms with van der Waals surface area (Å²) in [7, 11) is 1.57. The lowest BCUT2D eigenvalue weighted by molar-refractivity contribution is -0.123. The molecule has 0 saturated carbocycles. The third-order valence-electron chi connectivity index (χ3n) is 2.50. The number of benzene rings is 1. The molecule has 7 heteroatoms. The second-order valence-electron chi connectivity index (χ2n) is 5.04. The normalized spacial score (nSPS) is 10.8. The van der Waals surface area contributed by atoms with Crippen molar-refractivity contribution in [3.05, 3.63) is 29.8 Å². The number of hydrogen-bond donors (Lipinski definition) is 2. The molecule has 1 rings (SSSR count). The number of likely N-dealkylation sites (N-methyl/N-ethyl adjacent to an activating group) is 1. The number of rotatable bonds is 6.